The molecule has 2 rings (SSSR count). The van der Waals surface area contributed by atoms with E-state index in [0.29, 0.717) is 6.42 Å². The molecule has 0 saturated carbocycles. The molecule has 1 aromatic rings. The summed E-state index contributed by atoms with van der Waals surface area (Å²) in [5.74, 6) is -2.80. The van der Waals surface area contributed by atoms with Crippen molar-refractivity contribution in [2.24, 2.45) is 0 Å². The van der Waals surface area contributed by atoms with E-state index in [1.165, 1.54) is 7.85 Å². The summed E-state index contributed by atoms with van der Waals surface area (Å²) >= 11 is 0. The molecule has 1 heterocycles. The summed E-state index contributed by atoms with van der Waals surface area (Å²) in [6.45, 7) is 1.53. The predicted octanol–water partition coefficient (Wildman–Crippen LogP) is 2.78. The quantitative estimate of drug-likeness (QED) is 0.494. The first kappa shape index (κ1) is 23.2. The molecule has 29 heavy (non-hydrogen) atoms. The van der Waals surface area contributed by atoms with E-state index in [1.807, 2.05) is 10.6 Å². The minimum absolute atomic E-state index is 0.0501. The number of rotatable bonds is 5. The van der Waals surface area contributed by atoms with Gasteiger partial charge >= 0.3 is 12.4 Å². The molecule has 1 unspecified atom stereocenters. The third-order valence-electron chi connectivity index (χ3n) is 4.41. The summed E-state index contributed by atoms with van der Waals surface area (Å²) < 4.78 is 91.5. The minimum atomic E-state index is -4.68. The van der Waals surface area contributed by atoms with Crippen molar-refractivity contribution in [1.29, 1.82) is 0 Å². The summed E-state index contributed by atoms with van der Waals surface area (Å²) in [6.07, 6.45) is -8.89. The molecule has 1 aromatic heterocycles. The highest BCUT2D eigenvalue weighted by atomic mass is 19.4. The van der Waals surface area contributed by atoms with Crippen LogP contribution in [-0.4, -0.2) is 57.8 Å². The molecule has 0 amide bonds. The number of aromatic nitrogens is 3. The Labute approximate surface area is 162 Å². The van der Waals surface area contributed by atoms with Crippen molar-refractivity contribution >= 4 is 25.3 Å². The lowest BCUT2D eigenvalue weighted by molar-refractivity contribution is -0.139. The minimum Gasteiger partial charge on any atom is -0.392 e. The van der Waals surface area contributed by atoms with Crippen LogP contribution in [0.1, 0.15) is 38.9 Å². The van der Waals surface area contributed by atoms with Crippen molar-refractivity contribution in [2.75, 3.05) is 10.6 Å². The van der Waals surface area contributed by atoms with Gasteiger partial charge in [-0.15, -0.1) is 0 Å². The van der Waals surface area contributed by atoms with Crippen molar-refractivity contribution in [3.63, 3.8) is 0 Å². The molecule has 0 saturated heterocycles. The third-order valence-corrected chi connectivity index (χ3v) is 4.41. The highest BCUT2D eigenvalue weighted by Gasteiger charge is 2.39. The van der Waals surface area contributed by atoms with Gasteiger partial charge in [-0.25, -0.2) is 4.39 Å². The molecule has 1 aliphatic carbocycles. The normalized spacial score (nSPS) is 23.0. The van der Waals surface area contributed by atoms with E-state index in [0.717, 1.165) is 13.8 Å². The molecule has 14 heteroatoms. The molecular formula is C15H19BF7N5O. The van der Waals surface area contributed by atoms with Gasteiger partial charge in [-0.2, -0.15) is 41.3 Å². The van der Waals surface area contributed by atoms with Crippen molar-refractivity contribution in [3.05, 3.63) is 11.7 Å². The lowest BCUT2D eigenvalue weighted by atomic mass is 9.71. The molecule has 0 aliphatic heterocycles. The van der Waals surface area contributed by atoms with Crippen LogP contribution in [0.3, 0.4) is 0 Å². The number of hydrogen-bond acceptors (Lipinski definition) is 6. The monoisotopic (exact) mass is 429 g/mol. The summed E-state index contributed by atoms with van der Waals surface area (Å²) in [6, 6.07) is -4.25. The van der Waals surface area contributed by atoms with E-state index in [1.54, 1.807) is 0 Å². The van der Waals surface area contributed by atoms with Crippen LogP contribution < -0.4 is 10.6 Å². The molecule has 3 N–H and O–H groups in total. The Bertz CT molecular complexity index is 741. The summed E-state index contributed by atoms with van der Waals surface area (Å²) in [7, 11) is 1.21. The van der Waals surface area contributed by atoms with E-state index < -0.39 is 53.5 Å². The zero-order chi connectivity index (χ0) is 22.2. The maximum atomic E-state index is 14.6. The second kappa shape index (κ2) is 7.96. The summed E-state index contributed by atoms with van der Waals surface area (Å²) in [4.78, 5) is 11.0. The first-order valence-electron chi connectivity index (χ1n) is 8.65. The van der Waals surface area contributed by atoms with Gasteiger partial charge < -0.3 is 15.7 Å². The topological polar surface area (TPSA) is 83.0 Å². The Kier molecular flexibility index (Phi) is 6.36. The standard InChI is InChI=1S/C15H19BF7N5O/c1-6(14(18,19)20)24-11-26-10(8-4-3-5-13(16,29)9(8)17)27-12(28-11)25-7(2)15(21,22)23/h6-7,29H,3-5,16H2,1-2H3,(H2,24,25,26,27,28)/t6-,7-,13?/m1/s1. The van der Waals surface area contributed by atoms with Crippen LogP contribution in [0.2, 0.25) is 0 Å². The van der Waals surface area contributed by atoms with Gasteiger partial charge in [0.05, 0.1) is 5.50 Å². The van der Waals surface area contributed by atoms with Gasteiger partial charge in [-0.1, -0.05) is 0 Å². The van der Waals surface area contributed by atoms with E-state index in [9.17, 15) is 35.8 Å². The van der Waals surface area contributed by atoms with Gasteiger partial charge in [0.15, 0.2) is 13.7 Å². The first-order chi connectivity index (χ1) is 13.1. The Hall–Kier alpha value is -2.12. The number of alkyl halides is 6. The summed E-state index contributed by atoms with van der Waals surface area (Å²) in [5.41, 5.74) is -2.03. The average molecular weight is 429 g/mol. The number of nitrogens with zero attached hydrogens (tertiary/aromatic N) is 3. The zero-order valence-corrected chi connectivity index (χ0v) is 15.7. The second-order valence-electron chi connectivity index (χ2n) is 7.04. The van der Waals surface area contributed by atoms with E-state index in [4.69, 9.17) is 0 Å². The predicted molar refractivity (Wildman–Crippen MR) is 93.5 cm³/mol. The molecule has 0 fully saturated rings. The Morgan fingerprint density at radius 1 is 0.966 bits per heavy atom. The fourth-order valence-corrected chi connectivity index (χ4v) is 2.55. The van der Waals surface area contributed by atoms with Crippen LogP contribution in [0.5, 0.6) is 0 Å². The Morgan fingerprint density at radius 2 is 1.41 bits per heavy atom. The van der Waals surface area contributed by atoms with Crippen LogP contribution >= 0.6 is 0 Å². The molecule has 0 radical (unpaired) electrons. The first-order valence-corrected chi connectivity index (χ1v) is 8.65. The fourth-order valence-electron chi connectivity index (χ4n) is 2.55. The Balaban J connectivity index is 2.50. The average Bonchev–Trinajstić information content (AvgIpc) is 2.55. The Morgan fingerprint density at radius 3 is 1.83 bits per heavy atom. The number of allylic oxidation sites excluding steroid dienone is 1. The van der Waals surface area contributed by atoms with Crippen molar-refractivity contribution < 1.29 is 35.8 Å². The molecule has 6 nitrogen and oxygen atoms in total. The van der Waals surface area contributed by atoms with Gasteiger partial charge in [-0.3, -0.25) is 0 Å². The molecule has 0 bridgehead atoms. The molecule has 0 spiro atoms. The second-order valence-corrected chi connectivity index (χ2v) is 7.04. The van der Waals surface area contributed by atoms with E-state index >= 15 is 0 Å². The van der Waals surface area contributed by atoms with Gasteiger partial charge in [0.1, 0.15) is 17.9 Å². The molecule has 162 valence electrons. The largest absolute Gasteiger partial charge is 0.408 e. The smallest absolute Gasteiger partial charge is 0.392 e. The maximum absolute atomic E-state index is 14.6. The van der Waals surface area contributed by atoms with Gasteiger partial charge in [0, 0.05) is 5.57 Å². The molecular weight excluding hydrogens is 410 g/mol. The van der Waals surface area contributed by atoms with E-state index in [2.05, 4.69) is 15.0 Å². The van der Waals surface area contributed by atoms with Crippen LogP contribution in [0.25, 0.3) is 5.57 Å². The van der Waals surface area contributed by atoms with Gasteiger partial charge in [-0.05, 0) is 33.1 Å². The number of halogens is 7. The van der Waals surface area contributed by atoms with Crippen LogP contribution in [-0.2, 0) is 0 Å². The highest BCUT2D eigenvalue weighted by molar-refractivity contribution is 6.17. The van der Waals surface area contributed by atoms with Crippen LogP contribution in [0.15, 0.2) is 5.83 Å². The SMILES string of the molecule is BC1(O)CCCC(c2nc(N[C@H](C)C(F)(F)F)nc(N[C@H](C)C(F)(F)F)n2)=C1F. The van der Waals surface area contributed by atoms with E-state index in [-0.39, 0.29) is 18.4 Å². The molecule has 3 atom stereocenters. The number of hydrogen-bond donors (Lipinski definition) is 3. The third kappa shape index (κ3) is 5.70. The van der Waals surface area contributed by atoms with Crippen molar-refractivity contribution in [2.45, 2.75) is 63.0 Å². The fraction of sp³-hybridized carbons (Fsp3) is 0.667. The maximum Gasteiger partial charge on any atom is 0.408 e. The number of anilines is 2. The lowest BCUT2D eigenvalue weighted by Crippen LogP contribution is -2.36. The lowest BCUT2D eigenvalue weighted by Gasteiger charge is -2.28. The van der Waals surface area contributed by atoms with Crippen LogP contribution in [0.4, 0.5) is 42.6 Å². The highest BCUT2D eigenvalue weighted by Crippen LogP contribution is 2.37. The van der Waals surface area contributed by atoms with Crippen molar-refractivity contribution in [3.8, 4) is 0 Å². The zero-order valence-electron chi connectivity index (χ0n) is 15.7. The number of aliphatic hydroxyl groups is 1. The molecule has 0 aromatic carbocycles. The number of nitrogens with one attached hydrogen (secondary N) is 2. The van der Waals surface area contributed by atoms with Crippen molar-refractivity contribution in [1.82, 2.24) is 15.0 Å². The van der Waals surface area contributed by atoms with Crippen LogP contribution in [0, 0.1) is 0 Å². The van der Waals surface area contributed by atoms with Gasteiger partial charge in [0.2, 0.25) is 11.9 Å². The summed E-state index contributed by atoms with van der Waals surface area (Å²) in [5, 5.41) is 14.0. The molecule has 1 aliphatic rings. The van der Waals surface area contributed by atoms with Gasteiger partial charge in [0.25, 0.3) is 0 Å².